The average molecular weight is 452 g/mol. The van der Waals surface area contributed by atoms with Crippen molar-refractivity contribution in [3.05, 3.63) is 47.5 Å². The predicted octanol–water partition coefficient (Wildman–Crippen LogP) is 6.63. The molecule has 0 amide bonds. The highest BCUT2D eigenvalue weighted by atomic mass is 16.4. The molecule has 1 aromatic heterocycles. The van der Waals surface area contributed by atoms with Gasteiger partial charge in [-0.2, -0.15) is 0 Å². The number of benzene rings is 2. The summed E-state index contributed by atoms with van der Waals surface area (Å²) >= 11 is 0. The highest BCUT2D eigenvalue weighted by Crippen LogP contribution is 2.35. The minimum atomic E-state index is -0.719. The number of aromatic hydroxyl groups is 1. The molecule has 3 rings (SSSR count). The van der Waals surface area contributed by atoms with E-state index in [4.69, 9.17) is 0 Å². The summed E-state index contributed by atoms with van der Waals surface area (Å²) in [6.45, 7) is 6.36. The summed E-state index contributed by atoms with van der Waals surface area (Å²) in [4.78, 5) is 13.4. The number of nitrogens with zero attached hydrogens (tertiary/aromatic N) is 3. The fourth-order valence-electron chi connectivity index (χ4n) is 4.39. The SMILES string of the molecule is CCCCCCC(CC(C)c1cc(CCCC)c(O)c(-n2nc3ccccc3n2)c1)C(=O)O. The quantitative estimate of drug-likeness (QED) is 0.285. The van der Waals surface area contributed by atoms with Gasteiger partial charge in [0.2, 0.25) is 0 Å². The Kier molecular flexibility index (Phi) is 8.87. The van der Waals surface area contributed by atoms with Gasteiger partial charge in [-0.15, -0.1) is 15.0 Å². The Balaban J connectivity index is 1.91. The van der Waals surface area contributed by atoms with E-state index in [-0.39, 0.29) is 17.6 Å². The Labute approximate surface area is 196 Å². The van der Waals surface area contributed by atoms with Crippen molar-refractivity contribution >= 4 is 17.0 Å². The second kappa shape index (κ2) is 11.8. The van der Waals surface area contributed by atoms with Gasteiger partial charge in [-0.1, -0.05) is 71.1 Å². The van der Waals surface area contributed by atoms with Crippen molar-refractivity contribution in [1.82, 2.24) is 15.0 Å². The van der Waals surface area contributed by atoms with E-state index in [2.05, 4.69) is 31.0 Å². The molecule has 0 spiro atoms. The third-order valence-corrected chi connectivity index (χ3v) is 6.46. The molecule has 0 fully saturated rings. The van der Waals surface area contributed by atoms with Crippen LogP contribution in [-0.4, -0.2) is 31.2 Å². The van der Waals surface area contributed by atoms with Crippen LogP contribution in [0.25, 0.3) is 16.7 Å². The Morgan fingerprint density at radius 3 is 2.27 bits per heavy atom. The number of carboxylic acids is 1. The second-order valence-corrected chi connectivity index (χ2v) is 9.15. The van der Waals surface area contributed by atoms with Gasteiger partial charge in [-0.05, 0) is 60.9 Å². The van der Waals surface area contributed by atoms with E-state index in [1.54, 1.807) is 0 Å². The molecule has 2 atom stereocenters. The van der Waals surface area contributed by atoms with Crippen molar-refractivity contribution in [1.29, 1.82) is 0 Å². The van der Waals surface area contributed by atoms with Crippen molar-refractivity contribution in [3.8, 4) is 11.4 Å². The lowest BCUT2D eigenvalue weighted by Gasteiger charge is -2.20. The number of aromatic nitrogens is 3. The number of unbranched alkanes of at least 4 members (excludes halogenated alkanes) is 4. The average Bonchev–Trinajstić information content (AvgIpc) is 3.24. The van der Waals surface area contributed by atoms with Crippen LogP contribution in [0.5, 0.6) is 5.75 Å². The summed E-state index contributed by atoms with van der Waals surface area (Å²) in [5, 5.41) is 30.0. The molecule has 3 aromatic rings. The molecule has 0 aliphatic carbocycles. The van der Waals surface area contributed by atoms with Gasteiger partial charge in [-0.3, -0.25) is 4.79 Å². The molecule has 0 radical (unpaired) electrons. The molecule has 0 saturated carbocycles. The molecule has 178 valence electrons. The van der Waals surface area contributed by atoms with Crippen LogP contribution < -0.4 is 0 Å². The largest absolute Gasteiger partial charge is 0.505 e. The van der Waals surface area contributed by atoms with Crippen LogP contribution in [0, 0.1) is 5.92 Å². The fraction of sp³-hybridized carbons (Fsp3) is 0.519. The molecule has 33 heavy (non-hydrogen) atoms. The molecule has 0 bridgehead atoms. The lowest BCUT2D eigenvalue weighted by Crippen LogP contribution is -2.16. The van der Waals surface area contributed by atoms with Crippen molar-refractivity contribution in [2.75, 3.05) is 0 Å². The smallest absolute Gasteiger partial charge is 0.306 e. The van der Waals surface area contributed by atoms with Crippen molar-refractivity contribution in [2.45, 2.75) is 84.5 Å². The third-order valence-electron chi connectivity index (χ3n) is 6.46. The monoisotopic (exact) mass is 451 g/mol. The number of rotatable bonds is 13. The minimum Gasteiger partial charge on any atom is -0.505 e. The van der Waals surface area contributed by atoms with Crippen LogP contribution in [0.4, 0.5) is 0 Å². The normalized spacial score (nSPS) is 13.3. The van der Waals surface area contributed by atoms with Gasteiger partial charge < -0.3 is 10.2 Å². The molecule has 2 aromatic carbocycles. The molecule has 2 N–H and O–H groups in total. The summed E-state index contributed by atoms with van der Waals surface area (Å²) in [5.41, 5.74) is 3.98. The van der Waals surface area contributed by atoms with Gasteiger partial charge in [0.25, 0.3) is 0 Å². The summed E-state index contributed by atoms with van der Waals surface area (Å²) in [6, 6.07) is 11.6. The first-order valence-electron chi connectivity index (χ1n) is 12.4. The molecule has 2 unspecified atom stereocenters. The minimum absolute atomic E-state index is 0.0435. The zero-order chi connectivity index (χ0) is 23.8. The zero-order valence-electron chi connectivity index (χ0n) is 20.1. The number of hydrogen-bond donors (Lipinski definition) is 2. The van der Waals surface area contributed by atoms with Gasteiger partial charge in [0.1, 0.15) is 22.5 Å². The van der Waals surface area contributed by atoms with Crippen molar-refractivity contribution in [2.24, 2.45) is 5.92 Å². The lowest BCUT2D eigenvalue weighted by atomic mass is 9.86. The second-order valence-electron chi connectivity index (χ2n) is 9.15. The number of carboxylic acid groups (broad SMARTS) is 1. The Bertz CT molecular complexity index is 1030. The lowest BCUT2D eigenvalue weighted by molar-refractivity contribution is -0.142. The van der Waals surface area contributed by atoms with Gasteiger partial charge in [0.05, 0.1) is 5.92 Å². The van der Waals surface area contributed by atoms with E-state index in [0.29, 0.717) is 18.5 Å². The van der Waals surface area contributed by atoms with Crippen LogP contribution in [0.15, 0.2) is 36.4 Å². The fourth-order valence-corrected chi connectivity index (χ4v) is 4.39. The molecule has 0 saturated heterocycles. The number of fused-ring (bicyclic) bond motifs is 1. The number of hydrogen-bond acceptors (Lipinski definition) is 4. The zero-order valence-corrected chi connectivity index (χ0v) is 20.1. The third kappa shape index (κ3) is 6.34. The maximum atomic E-state index is 11.9. The predicted molar refractivity (Wildman–Crippen MR) is 132 cm³/mol. The number of carbonyl (C=O) groups is 1. The van der Waals surface area contributed by atoms with Crippen LogP contribution in [0.2, 0.25) is 0 Å². The summed E-state index contributed by atoms with van der Waals surface area (Å²) in [5.74, 6) is -0.835. The van der Waals surface area contributed by atoms with Crippen LogP contribution in [0.3, 0.4) is 0 Å². The maximum Gasteiger partial charge on any atom is 0.306 e. The van der Waals surface area contributed by atoms with E-state index in [1.807, 2.05) is 36.4 Å². The first-order valence-corrected chi connectivity index (χ1v) is 12.4. The molecule has 0 aliphatic rings. The van der Waals surface area contributed by atoms with Crippen LogP contribution >= 0.6 is 0 Å². The number of phenolic OH excluding ortho intramolecular Hbond substituents is 1. The van der Waals surface area contributed by atoms with E-state index in [0.717, 1.165) is 67.1 Å². The van der Waals surface area contributed by atoms with E-state index >= 15 is 0 Å². The molecule has 6 nitrogen and oxygen atoms in total. The highest BCUT2D eigenvalue weighted by Gasteiger charge is 2.23. The van der Waals surface area contributed by atoms with Crippen LogP contribution in [0.1, 0.15) is 89.2 Å². The Morgan fingerprint density at radius 2 is 1.67 bits per heavy atom. The molecule has 1 heterocycles. The van der Waals surface area contributed by atoms with Gasteiger partial charge >= 0.3 is 5.97 Å². The Morgan fingerprint density at radius 1 is 1.00 bits per heavy atom. The first kappa shape index (κ1) is 24.7. The highest BCUT2D eigenvalue weighted by molar-refractivity contribution is 5.74. The maximum absolute atomic E-state index is 11.9. The number of aryl methyl sites for hydroxylation is 1. The van der Waals surface area contributed by atoms with Gasteiger partial charge in [0, 0.05) is 0 Å². The number of phenols is 1. The summed E-state index contributed by atoms with van der Waals surface area (Å²) < 4.78 is 0. The molecule has 6 heteroatoms. The summed E-state index contributed by atoms with van der Waals surface area (Å²) in [7, 11) is 0. The molecular weight excluding hydrogens is 414 g/mol. The van der Waals surface area contributed by atoms with Gasteiger partial charge in [-0.25, -0.2) is 0 Å². The van der Waals surface area contributed by atoms with E-state index in [9.17, 15) is 15.0 Å². The molecular formula is C27H37N3O3. The van der Waals surface area contributed by atoms with Crippen molar-refractivity contribution in [3.63, 3.8) is 0 Å². The topological polar surface area (TPSA) is 88.2 Å². The van der Waals surface area contributed by atoms with Crippen LogP contribution in [-0.2, 0) is 11.2 Å². The summed E-state index contributed by atoms with van der Waals surface area (Å²) in [6.07, 6.45) is 8.35. The van der Waals surface area contributed by atoms with E-state index in [1.165, 1.54) is 4.80 Å². The van der Waals surface area contributed by atoms with Gasteiger partial charge in [0.15, 0.2) is 0 Å². The standard InChI is InChI=1S/C27H37N3O3/c1-4-6-8-9-13-21(27(32)33)16-19(3)22-17-20(12-7-5-2)26(31)25(18-22)30-28-23-14-10-11-15-24(23)29-30/h10-11,14-15,17-19,21,31H,4-9,12-13,16H2,1-3H3,(H,32,33). The first-order chi connectivity index (χ1) is 15.9. The van der Waals surface area contributed by atoms with Crippen molar-refractivity contribution < 1.29 is 15.0 Å². The van der Waals surface area contributed by atoms with E-state index < -0.39 is 5.97 Å². The Hall–Kier alpha value is -2.89. The number of aliphatic carboxylic acids is 1. The molecule has 0 aliphatic heterocycles.